The van der Waals surface area contributed by atoms with E-state index in [-0.39, 0.29) is 17.7 Å². The van der Waals surface area contributed by atoms with E-state index in [0.29, 0.717) is 26.1 Å². The first-order valence-electron chi connectivity index (χ1n) is 7.38. The molecule has 0 aliphatic carbocycles. The molecule has 2 atom stereocenters. The Balaban J connectivity index is 1.60. The monoisotopic (exact) mass is 320 g/mol. The number of carbonyl (C=O) groups excluding carboxylic acids is 1. The van der Waals surface area contributed by atoms with Gasteiger partial charge in [-0.25, -0.2) is 13.5 Å². The zero-order chi connectivity index (χ0) is 16.0. The van der Waals surface area contributed by atoms with E-state index in [4.69, 9.17) is 4.74 Å². The number of ether oxygens (including phenoxy) is 1. The Morgan fingerprint density at radius 3 is 3.09 bits per heavy atom. The lowest BCUT2D eigenvalue weighted by molar-refractivity contribution is -0.0605. The predicted molar refractivity (Wildman–Crippen MR) is 74.5 cm³/mol. The summed E-state index contributed by atoms with van der Waals surface area (Å²) in [4.78, 5) is 14.0. The first-order valence-corrected chi connectivity index (χ1v) is 7.38. The van der Waals surface area contributed by atoms with Crippen LogP contribution in [-0.4, -0.2) is 45.0 Å². The van der Waals surface area contributed by atoms with Crippen molar-refractivity contribution in [3.8, 4) is 0 Å². The highest BCUT2D eigenvalue weighted by Gasteiger charge is 2.38. The maximum Gasteiger partial charge on any atom is 0.257 e. The minimum Gasteiger partial charge on any atom is -0.370 e. The number of piperidine rings is 1. The van der Waals surface area contributed by atoms with Gasteiger partial charge < -0.3 is 9.64 Å². The number of carbonyl (C=O) groups is 1. The van der Waals surface area contributed by atoms with Gasteiger partial charge in [-0.2, -0.15) is 0 Å². The number of nitrogens with zero attached hydrogens (tertiary/aromatic N) is 4. The maximum atomic E-state index is 13.8. The number of hydrogen-bond acceptors (Lipinski definition) is 4. The Labute approximate surface area is 130 Å². The van der Waals surface area contributed by atoms with Crippen LogP contribution >= 0.6 is 0 Å². The third-order valence-corrected chi connectivity index (χ3v) is 4.37. The number of fused-ring (bicyclic) bond motifs is 3. The van der Waals surface area contributed by atoms with E-state index in [2.05, 4.69) is 10.3 Å². The van der Waals surface area contributed by atoms with Crippen molar-refractivity contribution in [2.45, 2.75) is 25.2 Å². The summed E-state index contributed by atoms with van der Waals surface area (Å²) in [6.45, 7) is 1.20. The predicted octanol–water partition coefficient (Wildman–Crippen LogP) is 1.54. The summed E-state index contributed by atoms with van der Waals surface area (Å²) in [7, 11) is 0. The van der Waals surface area contributed by atoms with Crippen molar-refractivity contribution >= 4 is 5.91 Å². The lowest BCUT2D eigenvalue weighted by Gasteiger charge is -2.41. The Kier molecular flexibility index (Phi) is 3.33. The number of likely N-dealkylation sites (tertiary alicyclic amines) is 1. The fourth-order valence-electron chi connectivity index (χ4n) is 3.20. The standard InChI is InChI=1S/C15H14F2N4O2/c16-9-1-2-12(17)11(5-9)15(22)20-4-3-14-13(7-20)21-10(8-23-14)6-18-19-21/h1-2,5-6,13-14H,3-4,7-8H2/t13-,14+/m1/s1. The van der Waals surface area contributed by atoms with Crippen LogP contribution in [0.15, 0.2) is 24.4 Å². The molecule has 1 aromatic carbocycles. The molecule has 1 fully saturated rings. The number of halogens is 2. The highest BCUT2D eigenvalue weighted by molar-refractivity contribution is 5.94. The summed E-state index contributed by atoms with van der Waals surface area (Å²) in [5.41, 5.74) is 0.594. The van der Waals surface area contributed by atoms with Gasteiger partial charge in [0.25, 0.3) is 5.91 Å². The Bertz CT molecular complexity index is 764. The van der Waals surface area contributed by atoms with Gasteiger partial charge in [-0.15, -0.1) is 5.10 Å². The Morgan fingerprint density at radius 2 is 2.22 bits per heavy atom. The van der Waals surface area contributed by atoms with Crippen LogP contribution in [0.1, 0.15) is 28.5 Å². The smallest absolute Gasteiger partial charge is 0.257 e. The average Bonchev–Trinajstić information content (AvgIpc) is 3.05. The molecule has 8 heteroatoms. The van der Waals surface area contributed by atoms with E-state index in [9.17, 15) is 13.6 Å². The summed E-state index contributed by atoms with van der Waals surface area (Å²) in [5, 5.41) is 7.92. The van der Waals surface area contributed by atoms with Gasteiger partial charge in [0.15, 0.2) is 0 Å². The van der Waals surface area contributed by atoms with Gasteiger partial charge in [-0.05, 0) is 24.6 Å². The molecule has 0 saturated carbocycles. The normalized spacial score (nSPS) is 23.3. The summed E-state index contributed by atoms with van der Waals surface area (Å²) in [6.07, 6.45) is 2.20. The van der Waals surface area contributed by atoms with Crippen LogP contribution in [0.2, 0.25) is 0 Å². The van der Waals surface area contributed by atoms with Gasteiger partial charge in [0.05, 0.1) is 36.2 Å². The van der Waals surface area contributed by atoms with Gasteiger partial charge in [-0.3, -0.25) is 4.79 Å². The van der Waals surface area contributed by atoms with Crippen LogP contribution < -0.4 is 0 Å². The number of rotatable bonds is 1. The van der Waals surface area contributed by atoms with Gasteiger partial charge in [0, 0.05) is 13.1 Å². The van der Waals surface area contributed by atoms with Crippen molar-refractivity contribution < 1.29 is 18.3 Å². The van der Waals surface area contributed by atoms with Gasteiger partial charge in [-0.1, -0.05) is 5.21 Å². The van der Waals surface area contributed by atoms with Crippen LogP contribution in [0.5, 0.6) is 0 Å². The summed E-state index contributed by atoms with van der Waals surface area (Å²) >= 11 is 0. The van der Waals surface area contributed by atoms with Crippen LogP contribution in [0.3, 0.4) is 0 Å². The molecule has 6 nitrogen and oxygen atoms in total. The average molecular weight is 320 g/mol. The third kappa shape index (κ3) is 2.39. The minimum atomic E-state index is -0.722. The van der Waals surface area contributed by atoms with E-state index in [1.807, 2.05) is 0 Å². The summed E-state index contributed by atoms with van der Waals surface area (Å²) in [6, 6.07) is 2.74. The molecule has 1 amide bonds. The fraction of sp³-hybridized carbons (Fsp3) is 0.400. The molecule has 0 radical (unpaired) electrons. The second-order valence-corrected chi connectivity index (χ2v) is 5.75. The summed E-state index contributed by atoms with van der Waals surface area (Å²) < 4.78 is 34.7. The second-order valence-electron chi connectivity index (χ2n) is 5.75. The van der Waals surface area contributed by atoms with Crippen molar-refractivity contribution in [3.05, 3.63) is 47.3 Å². The number of amides is 1. The molecular formula is C15H14F2N4O2. The van der Waals surface area contributed by atoms with Crippen molar-refractivity contribution in [2.24, 2.45) is 0 Å². The van der Waals surface area contributed by atoms with Gasteiger partial charge >= 0.3 is 0 Å². The molecule has 2 aromatic rings. The molecule has 4 rings (SSSR count). The van der Waals surface area contributed by atoms with Gasteiger partial charge in [0.1, 0.15) is 11.6 Å². The molecule has 2 aliphatic rings. The highest BCUT2D eigenvalue weighted by Crippen LogP contribution is 2.30. The molecular weight excluding hydrogens is 306 g/mol. The zero-order valence-electron chi connectivity index (χ0n) is 12.2. The minimum absolute atomic E-state index is 0.0504. The van der Waals surface area contributed by atoms with Crippen molar-refractivity contribution in [1.29, 1.82) is 0 Å². The maximum absolute atomic E-state index is 13.8. The Morgan fingerprint density at radius 1 is 1.35 bits per heavy atom. The molecule has 23 heavy (non-hydrogen) atoms. The second kappa shape index (κ2) is 5.38. The molecule has 0 bridgehead atoms. The number of hydrogen-bond donors (Lipinski definition) is 0. The first-order chi connectivity index (χ1) is 11.1. The van der Waals surface area contributed by atoms with Crippen LogP contribution in [0, 0.1) is 11.6 Å². The molecule has 0 spiro atoms. The molecule has 120 valence electrons. The SMILES string of the molecule is O=C(c1cc(F)ccc1F)N1CC[C@@H]2OCc3cnnn3[C@@H]2C1. The third-order valence-electron chi connectivity index (χ3n) is 4.37. The van der Waals surface area contributed by atoms with Crippen molar-refractivity contribution in [1.82, 2.24) is 19.9 Å². The van der Waals surface area contributed by atoms with Crippen molar-refractivity contribution in [3.63, 3.8) is 0 Å². The number of benzene rings is 1. The number of aromatic nitrogens is 3. The lowest BCUT2D eigenvalue weighted by Crippen LogP contribution is -2.50. The first kappa shape index (κ1) is 14.3. The Hall–Kier alpha value is -2.35. The van der Waals surface area contributed by atoms with Crippen LogP contribution in [0.4, 0.5) is 8.78 Å². The van der Waals surface area contributed by atoms with E-state index < -0.39 is 17.5 Å². The highest BCUT2D eigenvalue weighted by atomic mass is 19.1. The summed E-state index contributed by atoms with van der Waals surface area (Å²) in [5.74, 6) is -1.88. The van der Waals surface area contributed by atoms with Crippen LogP contribution in [-0.2, 0) is 11.3 Å². The zero-order valence-corrected chi connectivity index (χ0v) is 12.2. The van der Waals surface area contributed by atoms with E-state index in [0.717, 1.165) is 23.9 Å². The molecule has 1 aromatic heterocycles. The molecule has 2 aliphatic heterocycles. The van der Waals surface area contributed by atoms with E-state index >= 15 is 0 Å². The molecule has 1 saturated heterocycles. The largest absolute Gasteiger partial charge is 0.370 e. The molecule has 0 N–H and O–H groups in total. The topological polar surface area (TPSA) is 60.3 Å². The lowest BCUT2D eigenvalue weighted by atomic mass is 9.99. The van der Waals surface area contributed by atoms with Crippen LogP contribution in [0.25, 0.3) is 0 Å². The molecule has 3 heterocycles. The van der Waals surface area contributed by atoms with Crippen molar-refractivity contribution in [2.75, 3.05) is 13.1 Å². The quantitative estimate of drug-likeness (QED) is 0.800. The van der Waals surface area contributed by atoms with E-state index in [1.54, 1.807) is 10.9 Å². The molecule has 0 unspecified atom stereocenters. The van der Waals surface area contributed by atoms with E-state index in [1.165, 1.54) is 4.90 Å². The fourth-order valence-corrected chi connectivity index (χ4v) is 3.20. The van der Waals surface area contributed by atoms with Gasteiger partial charge in [0.2, 0.25) is 0 Å².